The molecule has 2 saturated heterocycles. The first kappa shape index (κ1) is 23.0. The lowest BCUT2D eigenvalue weighted by Gasteiger charge is -2.42. The predicted molar refractivity (Wildman–Crippen MR) is 131 cm³/mol. The minimum absolute atomic E-state index is 0.146. The van der Waals surface area contributed by atoms with Gasteiger partial charge in [0.1, 0.15) is 12.0 Å². The van der Waals surface area contributed by atoms with Crippen molar-refractivity contribution in [2.24, 2.45) is 5.92 Å². The second-order valence-corrected chi connectivity index (χ2v) is 10.3. The molecule has 3 aliphatic heterocycles. The number of carbonyl (C=O) groups is 1. The maximum atomic E-state index is 14.4. The van der Waals surface area contributed by atoms with Crippen molar-refractivity contribution in [1.29, 1.82) is 0 Å². The highest BCUT2D eigenvalue weighted by atomic mass is 16.5. The smallest absolute Gasteiger partial charge is 0.343 e. The van der Waals surface area contributed by atoms with E-state index < -0.39 is 0 Å². The number of benzene rings is 2. The Bertz CT molecular complexity index is 1250. The summed E-state index contributed by atoms with van der Waals surface area (Å²) in [7, 11) is 1.67. The average Bonchev–Trinajstić information content (AvgIpc) is 3.55. The van der Waals surface area contributed by atoms with Crippen molar-refractivity contribution >= 4 is 5.91 Å². The molecule has 0 radical (unpaired) electrons. The zero-order valence-corrected chi connectivity index (χ0v) is 20.9. The lowest BCUT2D eigenvalue weighted by atomic mass is 9.68. The van der Waals surface area contributed by atoms with Crippen molar-refractivity contribution in [1.82, 2.24) is 10.1 Å². The number of likely N-dealkylation sites (tertiary alicyclic amines) is 1. The maximum absolute atomic E-state index is 14.4. The van der Waals surface area contributed by atoms with E-state index in [9.17, 15) is 4.79 Å². The van der Waals surface area contributed by atoms with Gasteiger partial charge in [0.05, 0.1) is 32.2 Å². The molecule has 8 nitrogen and oxygen atoms in total. The molecule has 1 spiro atoms. The number of aromatic nitrogens is 2. The fourth-order valence-electron chi connectivity index (χ4n) is 6.67. The van der Waals surface area contributed by atoms with E-state index in [0.717, 1.165) is 55.2 Å². The summed E-state index contributed by atoms with van der Waals surface area (Å²) in [5, 5.41) is 6.39. The van der Waals surface area contributed by atoms with Crippen LogP contribution in [0.1, 0.15) is 54.1 Å². The van der Waals surface area contributed by atoms with Crippen LogP contribution in [0, 0.1) is 12.8 Å². The van der Waals surface area contributed by atoms with E-state index in [1.54, 1.807) is 7.11 Å². The van der Waals surface area contributed by atoms with Crippen LogP contribution in [0.3, 0.4) is 0 Å². The molecule has 1 amide bonds. The summed E-state index contributed by atoms with van der Waals surface area (Å²) in [6.45, 7) is 4.78. The summed E-state index contributed by atoms with van der Waals surface area (Å²) in [6.07, 6.45) is 2.55. The van der Waals surface area contributed by atoms with Crippen molar-refractivity contribution in [3.05, 3.63) is 71.4 Å². The monoisotopic (exact) mass is 490 g/mol. The quantitative estimate of drug-likeness (QED) is 0.605. The largest absolute Gasteiger partial charge is 0.493 e. The molecule has 1 aromatic heterocycles. The lowest BCUT2D eigenvalue weighted by Crippen LogP contribution is -2.82. The van der Waals surface area contributed by atoms with E-state index in [-0.39, 0.29) is 23.3 Å². The molecule has 188 valence electrons. The van der Waals surface area contributed by atoms with Gasteiger partial charge in [-0.3, -0.25) is 4.79 Å². The molecule has 3 aliphatic rings. The number of para-hydroxylation sites is 1. The summed E-state index contributed by atoms with van der Waals surface area (Å²) in [4.78, 5) is 19.8. The van der Waals surface area contributed by atoms with Gasteiger partial charge in [-0.05, 0) is 36.8 Å². The van der Waals surface area contributed by atoms with Crippen LogP contribution in [0.15, 0.2) is 53.1 Å². The van der Waals surface area contributed by atoms with E-state index in [4.69, 9.17) is 14.0 Å². The van der Waals surface area contributed by atoms with Gasteiger partial charge in [0.25, 0.3) is 0 Å². The Morgan fingerprint density at radius 2 is 2.08 bits per heavy atom. The number of hydrogen-bond donors (Lipinski definition) is 1. The van der Waals surface area contributed by atoms with Crippen LogP contribution in [-0.4, -0.2) is 49.3 Å². The van der Waals surface area contributed by atoms with Gasteiger partial charge in [0, 0.05) is 19.0 Å². The second-order valence-electron chi connectivity index (χ2n) is 10.3. The summed E-state index contributed by atoms with van der Waals surface area (Å²) in [5.41, 5.74) is 2.13. The Morgan fingerprint density at radius 3 is 2.86 bits per heavy atom. The normalized spacial score (nSPS) is 27.5. The number of rotatable bonds is 4. The number of ether oxygens (including phenoxy) is 2. The number of nitrogens with one attached hydrogen (secondary N) is 1. The van der Waals surface area contributed by atoms with E-state index in [2.05, 4.69) is 50.7 Å². The van der Waals surface area contributed by atoms with Crippen LogP contribution in [-0.2, 0) is 10.2 Å². The number of aromatic amines is 1. The number of aryl methyl sites for hydroxylation is 1. The number of hydrogen-bond acceptors (Lipinski definition) is 5. The van der Waals surface area contributed by atoms with Gasteiger partial charge in [-0.15, -0.1) is 0 Å². The van der Waals surface area contributed by atoms with Gasteiger partial charge >= 0.3 is 11.7 Å². The molecule has 0 aliphatic carbocycles. The van der Waals surface area contributed by atoms with Crippen LogP contribution in [0.2, 0.25) is 0 Å². The molecule has 2 aromatic carbocycles. The topological polar surface area (TPSA) is 95.6 Å². The van der Waals surface area contributed by atoms with Crippen LogP contribution in [0.4, 0.5) is 0 Å². The molecule has 1 unspecified atom stereocenters. The number of methoxy groups -OCH3 is 1. The molecule has 0 saturated carbocycles. The van der Waals surface area contributed by atoms with E-state index in [1.807, 2.05) is 25.1 Å². The maximum Gasteiger partial charge on any atom is 0.343 e. The molecule has 6 rings (SSSR count). The Morgan fingerprint density at radius 1 is 1.22 bits per heavy atom. The van der Waals surface area contributed by atoms with Crippen molar-refractivity contribution in [2.45, 2.75) is 43.6 Å². The lowest BCUT2D eigenvalue weighted by molar-refractivity contribution is -0.640. The van der Waals surface area contributed by atoms with Gasteiger partial charge in [-0.25, -0.2) is 9.51 Å². The first-order valence-electron chi connectivity index (χ1n) is 12.9. The average molecular weight is 491 g/mol. The van der Waals surface area contributed by atoms with Crippen molar-refractivity contribution in [3.8, 4) is 11.5 Å². The van der Waals surface area contributed by atoms with Crippen molar-refractivity contribution in [3.63, 3.8) is 0 Å². The van der Waals surface area contributed by atoms with Crippen LogP contribution in [0.5, 0.6) is 11.5 Å². The van der Waals surface area contributed by atoms with Crippen molar-refractivity contribution in [2.75, 3.05) is 33.4 Å². The molecule has 4 atom stereocenters. The van der Waals surface area contributed by atoms with Gasteiger partial charge in [0.15, 0.2) is 16.7 Å². The Labute approximate surface area is 211 Å². The Hall–Kier alpha value is -3.39. The van der Waals surface area contributed by atoms with Gasteiger partial charge < -0.3 is 19.7 Å². The number of carbonyl (C=O) groups excluding carboxylic acids is 1. The summed E-state index contributed by atoms with van der Waals surface area (Å²) >= 11 is 0. The molecule has 8 heteroatoms. The predicted octanol–water partition coefficient (Wildman–Crippen LogP) is 2.17. The number of fused-ring (bicyclic) bond motifs is 2. The first-order chi connectivity index (χ1) is 17.6. The first-order valence-corrected chi connectivity index (χ1v) is 12.9. The van der Waals surface area contributed by atoms with E-state index in [0.29, 0.717) is 25.0 Å². The second kappa shape index (κ2) is 9.24. The molecule has 3 N–H and O–H groups in total. The number of nitrogens with two attached hydrogens (primary N) is 1. The summed E-state index contributed by atoms with van der Waals surface area (Å²) in [5.74, 6) is 3.31. The fourth-order valence-corrected chi connectivity index (χ4v) is 6.67. The molecular weight excluding hydrogens is 456 g/mol. The third kappa shape index (κ3) is 3.75. The number of amides is 1. The zero-order chi connectivity index (χ0) is 24.7. The number of H-pyrrole nitrogens is 1. The highest BCUT2D eigenvalue weighted by Gasteiger charge is 2.56. The highest BCUT2D eigenvalue weighted by Crippen LogP contribution is 2.49. The number of quaternary nitrogens is 1. The molecule has 4 heterocycles. The summed E-state index contributed by atoms with van der Waals surface area (Å²) < 4.78 is 17.4. The SMILES string of the molecule is COc1cccc2c1OCC[C@]21C[NH2+]C[C@H]1C(=O)N1CCC(c2ccccc2)C[C@H]1c1[nH+]c(C)no1. The van der Waals surface area contributed by atoms with Gasteiger partial charge in [-0.1, -0.05) is 42.5 Å². The Kier molecular flexibility index (Phi) is 5.91. The summed E-state index contributed by atoms with van der Waals surface area (Å²) in [6, 6.07) is 16.5. The minimum Gasteiger partial charge on any atom is -0.493 e. The number of piperidine rings is 1. The van der Waals surface area contributed by atoms with E-state index >= 15 is 0 Å². The third-order valence-electron chi connectivity index (χ3n) is 8.45. The highest BCUT2D eigenvalue weighted by molar-refractivity contribution is 5.82. The van der Waals surface area contributed by atoms with Crippen molar-refractivity contribution < 1.29 is 29.1 Å². The zero-order valence-electron chi connectivity index (χ0n) is 20.9. The third-order valence-corrected chi connectivity index (χ3v) is 8.45. The molecule has 2 fully saturated rings. The van der Waals surface area contributed by atoms with Crippen LogP contribution >= 0.6 is 0 Å². The van der Waals surface area contributed by atoms with Gasteiger partial charge in [0.2, 0.25) is 5.91 Å². The fraction of sp³-hybridized carbons (Fsp3) is 0.464. The molecule has 3 aromatic rings. The Balaban J connectivity index is 1.34. The van der Waals surface area contributed by atoms with Crippen LogP contribution in [0.25, 0.3) is 0 Å². The van der Waals surface area contributed by atoms with Gasteiger partial charge in [-0.2, -0.15) is 0 Å². The minimum atomic E-state index is -0.277. The standard InChI is InChI=1S/C28H32N4O4/c1-18-30-26(36-31-18)23-15-20(19-7-4-3-5-8-19)11-13-32(23)27(33)22-16-29-17-28(22)12-14-35-25-21(28)9-6-10-24(25)34-2/h3-10,20,22-23,29H,11-17H2,1-2H3/p+2/t20?,22-,23-,28-/m0/s1. The molecule has 36 heavy (non-hydrogen) atoms. The molecule has 0 bridgehead atoms. The van der Waals surface area contributed by atoms with Crippen LogP contribution < -0.4 is 19.8 Å². The molecular formula is C28H34N4O4+2. The number of nitrogens with zero attached hydrogens (tertiary/aromatic N) is 2. The van der Waals surface area contributed by atoms with E-state index in [1.165, 1.54) is 5.56 Å².